The van der Waals surface area contributed by atoms with E-state index >= 15 is 0 Å². The molecular formula is C53H86N4O8S2. The fourth-order valence-electron chi connectivity index (χ4n) is 8.07. The number of ketones is 2. The van der Waals surface area contributed by atoms with Gasteiger partial charge in [-0.2, -0.15) is 16.8 Å². The van der Waals surface area contributed by atoms with Gasteiger partial charge in [0, 0.05) is 11.1 Å². The lowest BCUT2D eigenvalue weighted by atomic mass is 9.82. The van der Waals surface area contributed by atoms with Crippen molar-refractivity contribution in [2.24, 2.45) is 0 Å². The van der Waals surface area contributed by atoms with E-state index in [1.165, 1.54) is 217 Å². The Labute approximate surface area is 405 Å². The standard InChI is InChI=1S/C21H16N2O8S2.2C16H35N/c1-10-6-7-13(15(8-10)32(26,27)28)23-14-9-16(33(29,30)31)19(22)18-17(14)20(24)11-4-2-3-5-12(11)21(18)25;2*1-3-5-7-9-11-13-15-17-16-14-12-10-8-6-4-2/h2-9,23H,22H2,1H3,(H,26,27,28)(H,29,30,31);2*17H,3-16H2,1-2H3. The SMILES string of the molecule is CCCCCCCCNCCCCCCCC.CCCCCCCCNCCCCCCCC.Cc1ccc(Nc2cc(S(=O)(=O)O)c(N)c3c2C(=O)c2ccccc2C3=O)c(S(=O)(=O)O)c1. The summed E-state index contributed by atoms with van der Waals surface area (Å²) in [7, 11) is -9.67. The zero-order chi connectivity index (χ0) is 49.5. The van der Waals surface area contributed by atoms with Crippen LogP contribution < -0.4 is 21.7 Å². The smallest absolute Gasteiger partial charge is 0.296 e. The van der Waals surface area contributed by atoms with E-state index in [0.29, 0.717) is 5.56 Å². The molecule has 0 aliphatic heterocycles. The average Bonchev–Trinajstić information content (AvgIpc) is 3.29. The van der Waals surface area contributed by atoms with Crippen molar-refractivity contribution in [3.8, 4) is 0 Å². The fourth-order valence-corrected chi connectivity index (χ4v) is 9.45. The van der Waals surface area contributed by atoms with E-state index in [0.717, 1.165) is 12.1 Å². The molecule has 1 aliphatic rings. The van der Waals surface area contributed by atoms with Crippen LogP contribution in [-0.4, -0.2) is 63.7 Å². The van der Waals surface area contributed by atoms with E-state index in [2.05, 4.69) is 43.6 Å². The Hall–Kier alpha value is -3.66. The summed E-state index contributed by atoms with van der Waals surface area (Å²) in [6, 6.07) is 10.6. The Morgan fingerprint density at radius 1 is 0.463 bits per heavy atom. The van der Waals surface area contributed by atoms with E-state index in [4.69, 9.17) is 5.73 Å². The highest BCUT2D eigenvalue weighted by molar-refractivity contribution is 7.86. The second kappa shape index (κ2) is 33.8. The lowest BCUT2D eigenvalue weighted by molar-refractivity contribution is 0.0980. The molecule has 0 radical (unpaired) electrons. The van der Waals surface area contributed by atoms with Gasteiger partial charge in [0.2, 0.25) is 0 Å². The van der Waals surface area contributed by atoms with Gasteiger partial charge >= 0.3 is 0 Å². The predicted octanol–water partition coefficient (Wildman–Crippen LogP) is 13.2. The Bertz CT molecular complexity index is 2070. The Morgan fingerprint density at radius 3 is 1.19 bits per heavy atom. The molecule has 1 aliphatic carbocycles. The number of anilines is 3. The molecule has 0 saturated heterocycles. The van der Waals surface area contributed by atoms with Crippen LogP contribution in [0, 0.1) is 6.92 Å². The van der Waals surface area contributed by atoms with Crippen LogP contribution in [-0.2, 0) is 20.2 Å². The predicted molar refractivity (Wildman–Crippen MR) is 277 cm³/mol. The number of fused-ring (bicyclic) bond motifs is 2. The van der Waals surface area contributed by atoms with E-state index in [-0.39, 0.29) is 28.1 Å². The lowest BCUT2D eigenvalue weighted by Crippen LogP contribution is -2.25. The average molecular weight is 971 g/mol. The highest BCUT2D eigenvalue weighted by Crippen LogP contribution is 2.41. The monoisotopic (exact) mass is 971 g/mol. The minimum absolute atomic E-state index is 0.00546. The molecule has 0 atom stereocenters. The van der Waals surface area contributed by atoms with E-state index < -0.39 is 52.8 Å². The maximum atomic E-state index is 13.3. The minimum Gasteiger partial charge on any atom is -0.397 e. The number of hydrogen-bond donors (Lipinski definition) is 6. The van der Waals surface area contributed by atoms with Gasteiger partial charge in [0.05, 0.1) is 28.2 Å². The molecule has 3 aromatic carbocycles. The number of nitrogen functional groups attached to an aromatic ring is 1. The van der Waals surface area contributed by atoms with Crippen LogP contribution in [0.5, 0.6) is 0 Å². The second-order valence-corrected chi connectivity index (χ2v) is 20.7. The van der Waals surface area contributed by atoms with Crippen molar-refractivity contribution in [1.82, 2.24) is 10.6 Å². The molecule has 67 heavy (non-hydrogen) atoms. The third kappa shape index (κ3) is 22.5. The van der Waals surface area contributed by atoms with Gasteiger partial charge in [-0.25, -0.2) is 0 Å². The molecule has 0 fully saturated rings. The number of benzene rings is 3. The summed E-state index contributed by atoms with van der Waals surface area (Å²) < 4.78 is 67.0. The molecule has 0 saturated carbocycles. The molecule has 3 aromatic rings. The van der Waals surface area contributed by atoms with Gasteiger partial charge in [-0.15, -0.1) is 0 Å². The molecular weight excluding hydrogens is 885 g/mol. The van der Waals surface area contributed by atoms with Crippen molar-refractivity contribution in [2.45, 2.75) is 199 Å². The van der Waals surface area contributed by atoms with Gasteiger partial charge in [-0.3, -0.25) is 18.7 Å². The van der Waals surface area contributed by atoms with E-state index in [9.17, 15) is 35.5 Å². The number of carbonyl (C=O) groups is 2. The van der Waals surface area contributed by atoms with Crippen LogP contribution in [0.15, 0.2) is 58.3 Å². The van der Waals surface area contributed by atoms with Gasteiger partial charge in [-0.1, -0.05) is 186 Å². The van der Waals surface area contributed by atoms with Crippen molar-refractivity contribution in [2.75, 3.05) is 37.2 Å². The normalized spacial score (nSPS) is 12.2. The first-order valence-corrected chi connectivity index (χ1v) is 28.4. The zero-order valence-electron chi connectivity index (χ0n) is 41.7. The van der Waals surface area contributed by atoms with Crippen LogP contribution in [0.25, 0.3) is 0 Å². The number of carbonyl (C=O) groups excluding carboxylic acids is 2. The largest absolute Gasteiger partial charge is 0.397 e. The zero-order valence-corrected chi connectivity index (χ0v) is 43.3. The summed E-state index contributed by atoms with van der Waals surface area (Å²) in [5.74, 6) is -1.41. The van der Waals surface area contributed by atoms with Gasteiger partial charge in [0.25, 0.3) is 20.2 Å². The van der Waals surface area contributed by atoms with Crippen molar-refractivity contribution < 1.29 is 35.5 Å². The van der Waals surface area contributed by atoms with E-state index in [1.54, 1.807) is 6.92 Å². The Kier molecular flexibility index (Phi) is 30.0. The maximum Gasteiger partial charge on any atom is 0.296 e. The molecule has 378 valence electrons. The van der Waals surface area contributed by atoms with E-state index in [1.807, 2.05) is 0 Å². The number of rotatable bonds is 32. The first-order chi connectivity index (χ1) is 32.1. The lowest BCUT2D eigenvalue weighted by Gasteiger charge is -2.24. The number of unbranched alkanes of at least 4 members (excludes halogenated alkanes) is 20. The minimum atomic E-state index is -4.94. The third-order valence-corrected chi connectivity index (χ3v) is 13.8. The molecule has 0 aromatic heterocycles. The Balaban J connectivity index is 0.000000385. The number of nitrogens with two attached hydrogens (primary N) is 1. The van der Waals surface area contributed by atoms with Crippen molar-refractivity contribution in [3.63, 3.8) is 0 Å². The van der Waals surface area contributed by atoms with Crippen LogP contribution in [0.3, 0.4) is 0 Å². The molecule has 14 heteroatoms. The second-order valence-electron chi connectivity index (χ2n) is 17.9. The van der Waals surface area contributed by atoms with Crippen LogP contribution in [0.4, 0.5) is 17.1 Å². The molecule has 0 bridgehead atoms. The van der Waals surface area contributed by atoms with Crippen LogP contribution in [0.2, 0.25) is 0 Å². The summed E-state index contributed by atoms with van der Waals surface area (Å²) in [5, 5.41) is 9.75. The third-order valence-electron chi connectivity index (χ3n) is 12.0. The Morgan fingerprint density at radius 2 is 0.821 bits per heavy atom. The fraction of sp³-hybridized carbons (Fsp3) is 0.623. The van der Waals surface area contributed by atoms with Crippen molar-refractivity contribution >= 4 is 48.9 Å². The summed E-state index contributed by atoms with van der Waals surface area (Å²) >= 11 is 0. The quantitative estimate of drug-likeness (QED) is 0.0154. The highest BCUT2D eigenvalue weighted by atomic mass is 32.2. The van der Waals surface area contributed by atoms with Crippen molar-refractivity contribution in [1.29, 1.82) is 0 Å². The summed E-state index contributed by atoms with van der Waals surface area (Å²) in [4.78, 5) is 25.1. The van der Waals surface area contributed by atoms with Gasteiger partial charge in [0.1, 0.15) is 9.79 Å². The topological polar surface area (TPSA) is 205 Å². The van der Waals surface area contributed by atoms with Gasteiger partial charge in [0.15, 0.2) is 11.6 Å². The molecule has 0 spiro atoms. The summed E-state index contributed by atoms with van der Waals surface area (Å²) in [5.41, 5.74) is 4.57. The van der Waals surface area contributed by atoms with Gasteiger partial charge < -0.3 is 21.7 Å². The van der Waals surface area contributed by atoms with Crippen molar-refractivity contribution in [3.05, 3.63) is 76.3 Å². The first-order valence-electron chi connectivity index (χ1n) is 25.5. The molecule has 7 N–H and O–H groups in total. The maximum absolute atomic E-state index is 13.3. The number of hydrogen-bond acceptors (Lipinski definition) is 10. The molecule has 0 amide bonds. The summed E-state index contributed by atoms with van der Waals surface area (Å²) in [6.45, 7) is 15.7. The summed E-state index contributed by atoms with van der Waals surface area (Å²) in [6.07, 6.45) is 33.8. The molecule has 0 unspecified atom stereocenters. The van der Waals surface area contributed by atoms with Gasteiger partial charge in [-0.05, 0) is 82.5 Å². The number of aryl methyl sites for hydroxylation is 1. The van der Waals surface area contributed by atoms with Crippen LogP contribution in [0.1, 0.15) is 219 Å². The molecule has 4 rings (SSSR count). The number of nitrogens with one attached hydrogen (secondary N) is 3. The molecule has 12 nitrogen and oxygen atoms in total. The first kappa shape index (κ1) is 59.5. The van der Waals surface area contributed by atoms with Crippen LogP contribution >= 0.6 is 0 Å². The highest BCUT2D eigenvalue weighted by Gasteiger charge is 2.36. The molecule has 0 heterocycles.